The normalized spacial score (nSPS) is 20.0. The van der Waals surface area contributed by atoms with E-state index in [1.54, 1.807) is 41.0 Å². The standard InChI is InChI=1S/C23H28N4O3S2/c1-15(2)20-14-27(13-16(3)26-20)32(29,30)19-6-4-17(5-7-19)11-25-23(28)21-10-18-8-9-24-12-22(18)31-21/h4-10,12,15-16,20,26H,11,13-14H2,1-3H3,(H,25,28)/t16-,20-/m1/s1. The van der Waals surface area contributed by atoms with E-state index in [2.05, 4.69) is 29.5 Å². The van der Waals surface area contributed by atoms with E-state index in [1.165, 1.54) is 11.3 Å². The zero-order valence-corrected chi connectivity index (χ0v) is 20.0. The number of pyridine rings is 1. The summed E-state index contributed by atoms with van der Waals surface area (Å²) in [6, 6.07) is 10.7. The van der Waals surface area contributed by atoms with E-state index < -0.39 is 10.0 Å². The van der Waals surface area contributed by atoms with Crippen molar-refractivity contribution in [2.24, 2.45) is 5.92 Å². The topological polar surface area (TPSA) is 91.4 Å². The average molecular weight is 473 g/mol. The molecule has 2 N–H and O–H groups in total. The van der Waals surface area contributed by atoms with E-state index >= 15 is 0 Å². The Morgan fingerprint density at radius 3 is 2.69 bits per heavy atom. The maximum atomic E-state index is 13.2. The van der Waals surface area contributed by atoms with Gasteiger partial charge in [0.25, 0.3) is 5.91 Å². The molecule has 1 fully saturated rings. The van der Waals surface area contributed by atoms with Crippen molar-refractivity contribution in [3.8, 4) is 0 Å². The number of piperazine rings is 1. The second-order valence-electron chi connectivity index (χ2n) is 8.59. The first-order valence-corrected chi connectivity index (χ1v) is 13.0. The Balaban J connectivity index is 1.41. The van der Waals surface area contributed by atoms with Crippen molar-refractivity contribution >= 4 is 37.4 Å². The highest BCUT2D eigenvalue weighted by Gasteiger charge is 2.33. The fraction of sp³-hybridized carbons (Fsp3) is 0.391. The van der Waals surface area contributed by atoms with Crippen LogP contribution in [0.25, 0.3) is 10.1 Å². The van der Waals surface area contributed by atoms with Gasteiger partial charge in [0, 0.05) is 44.1 Å². The Labute approximate surface area is 192 Å². The molecule has 1 amide bonds. The molecule has 0 saturated carbocycles. The van der Waals surface area contributed by atoms with E-state index in [0.717, 1.165) is 15.6 Å². The van der Waals surface area contributed by atoms with Crippen molar-refractivity contribution < 1.29 is 13.2 Å². The maximum absolute atomic E-state index is 13.2. The molecular formula is C23H28N4O3S2. The molecule has 170 valence electrons. The van der Waals surface area contributed by atoms with Gasteiger partial charge >= 0.3 is 0 Å². The largest absolute Gasteiger partial charge is 0.347 e. The third-order valence-electron chi connectivity index (χ3n) is 5.74. The van der Waals surface area contributed by atoms with Crippen LogP contribution in [0, 0.1) is 5.92 Å². The number of nitrogens with zero attached hydrogens (tertiary/aromatic N) is 2. The monoisotopic (exact) mass is 472 g/mol. The Morgan fingerprint density at radius 1 is 1.25 bits per heavy atom. The maximum Gasteiger partial charge on any atom is 0.261 e. The smallest absolute Gasteiger partial charge is 0.261 e. The highest BCUT2D eigenvalue weighted by Crippen LogP contribution is 2.25. The SMILES string of the molecule is CC(C)[C@H]1CN(S(=O)(=O)c2ccc(CNC(=O)c3cc4ccncc4s3)cc2)C[C@@H](C)N1. The van der Waals surface area contributed by atoms with Gasteiger partial charge in [-0.1, -0.05) is 26.0 Å². The molecule has 32 heavy (non-hydrogen) atoms. The summed E-state index contributed by atoms with van der Waals surface area (Å²) >= 11 is 1.40. The van der Waals surface area contributed by atoms with Gasteiger partial charge in [0.2, 0.25) is 10.0 Å². The van der Waals surface area contributed by atoms with Gasteiger partial charge in [0.15, 0.2) is 0 Å². The van der Waals surface area contributed by atoms with Crippen molar-refractivity contribution in [2.45, 2.75) is 44.3 Å². The number of amides is 1. The quantitative estimate of drug-likeness (QED) is 0.575. The minimum absolute atomic E-state index is 0.102. The third kappa shape index (κ3) is 4.85. The van der Waals surface area contributed by atoms with Gasteiger partial charge in [-0.3, -0.25) is 9.78 Å². The van der Waals surface area contributed by atoms with Crippen molar-refractivity contribution in [3.63, 3.8) is 0 Å². The molecule has 4 rings (SSSR count). The molecule has 0 spiro atoms. The Bertz CT molecular complexity index is 1170. The van der Waals surface area contributed by atoms with Gasteiger partial charge in [-0.15, -0.1) is 11.3 Å². The fourth-order valence-electron chi connectivity index (χ4n) is 3.86. The van der Waals surface area contributed by atoms with E-state index in [-0.39, 0.29) is 22.9 Å². The molecule has 0 radical (unpaired) electrons. The first-order chi connectivity index (χ1) is 15.2. The first kappa shape index (κ1) is 22.8. The van der Waals surface area contributed by atoms with Crippen molar-refractivity contribution in [1.82, 2.24) is 19.9 Å². The lowest BCUT2D eigenvalue weighted by Gasteiger charge is -2.38. The summed E-state index contributed by atoms with van der Waals surface area (Å²) in [5, 5.41) is 7.38. The van der Waals surface area contributed by atoms with Crippen molar-refractivity contribution in [1.29, 1.82) is 0 Å². The molecule has 3 heterocycles. The van der Waals surface area contributed by atoms with Crippen LogP contribution in [0.2, 0.25) is 0 Å². The highest BCUT2D eigenvalue weighted by molar-refractivity contribution is 7.89. The lowest BCUT2D eigenvalue weighted by Crippen LogP contribution is -2.58. The summed E-state index contributed by atoms with van der Waals surface area (Å²) < 4.78 is 28.9. The summed E-state index contributed by atoms with van der Waals surface area (Å²) in [6.45, 7) is 7.45. The number of carbonyl (C=O) groups excluding carboxylic acids is 1. The van der Waals surface area contributed by atoms with E-state index in [4.69, 9.17) is 0 Å². The predicted octanol–water partition coefficient (Wildman–Crippen LogP) is 3.23. The number of benzene rings is 1. The molecule has 0 bridgehead atoms. The van der Waals surface area contributed by atoms with Crippen LogP contribution in [0.5, 0.6) is 0 Å². The zero-order valence-electron chi connectivity index (χ0n) is 18.4. The number of thiophene rings is 1. The molecule has 1 aromatic carbocycles. The molecule has 0 unspecified atom stereocenters. The molecule has 2 atom stereocenters. The van der Waals surface area contributed by atoms with Gasteiger partial charge < -0.3 is 10.6 Å². The van der Waals surface area contributed by atoms with Crippen molar-refractivity contribution in [2.75, 3.05) is 13.1 Å². The third-order valence-corrected chi connectivity index (χ3v) is 8.67. The minimum Gasteiger partial charge on any atom is -0.347 e. The molecule has 2 aromatic heterocycles. The van der Waals surface area contributed by atoms with E-state index in [1.807, 2.05) is 19.1 Å². The van der Waals surface area contributed by atoms with Gasteiger partial charge in [-0.25, -0.2) is 8.42 Å². The van der Waals surface area contributed by atoms with Crippen LogP contribution in [-0.2, 0) is 16.6 Å². The Morgan fingerprint density at radius 2 is 2.00 bits per heavy atom. The number of sulfonamides is 1. The van der Waals surface area contributed by atoms with Crippen LogP contribution in [-0.4, -0.2) is 48.8 Å². The van der Waals surface area contributed by atoms with Crippen LogP contribution in [0.3, 0.4) is 0 Å². The summed E-state index contributed by atoms with van der Waals surface area (Å²) in [5.41, 5.74) is 0.841. The van der Waals surface area contributed by atoms with Crippen molar-refractivity contribution in [3.05, 3.63) is 59.2 Å². The van der Waals surface area contributed by atoms with Gasteiger partial charge in [-0.2, -0.15) is 4.31 Å². The van der Waals surface area contributed by atoms with Gasteiger partial charge in [0.05, 0.1) is 14.5 Å². The number of hydrogen-bond acceptors (Lipinski definition) is 6. The van der Waals surface area contributed by atoms with E-state index in [0.29, 0.717) is 30.4 Å². The molecule has 7 nitrogen and oxygen atoms in total. The van der Waals surface area contributed by atoms with Crippen LogP contribution in [0.15, 0.2) is 53.7 Å². The van der Waals surface area contributed by atoms with Crippen LogP contribution < -0.4 is 10.6 Å². The van der Waals surface area contributed by atoms with Crippen LogP contribution >= 0.6 is 11.3 Å². The molecular weight excluding hydrogens is 444 g/mol. The zero-order chi connectivity index (χ0) is 22.9. The highest BCUT2D eigenvalue weighted by atomic mass is 32.2. The number of nitrogens with one attached hydrogen (secondary N) is 2. The Hall–Kier alpha value is -2.33. The number of hydrogen-bond donors (Lipinski definition) is 2. The molecule has 1 saturated heterocycles. The summed E-state index contributed by atoms with van der Waals surface area (Å²) in [7, 11) is -3.57. The fourth-order valence-corrected chi connectivity index (χ4v) is 6.36. The number of aromatic nitrogens is 1. The van der Waals surface area contributed by atoms with Gasteiger partial charge in [0.1, 0.15) is 0 Å². The molecule has 1 aliphatic rings. The molecule has 1 aliphatic heterocycles. The number of rotatable bonds is 6. The predicted molar refractivity (Wildman–Crippen MR) is 127 cm³/mol. The second kappa shape index (κ2) is 9.27. The summed E-state index contributed by atoms with van der Waals surface area (Å²) in [5.74, 6) is 0.191. The first-order valence-electron chi connectivity index (χ1n) is 10.7. The molecule has 0 aliphatic carbocycles. The summed E-state index contributed by atoms with van der Waals surface area (Å²) in [4.78, 5) is 17.5. The Kier molecular flexibility index (Phi) is 6.62. The number of fused-ring (bicyclic) bond motifs is 1. The molecule has 3 aromatic rings. The van der Waals surface area contributed by atoms with Gasteiger partial charge in [-0.05, 0) is 48.1 Å². The summed E-state index contributed by atoms with van der Waals surface area (Å²) in [6.07, 6.45) is 3.45. The second-order valence-corrected chi connectivity index (χ2v) is 11.6. The number of carbonyl (C=O) groups is 1. The lowest BCUT2D eigenvalue weighted by molar-refractivity contribution is 0.0955. The average Bonchev–Trinajstić information content (AvgIpc) is 3.22. The van der Waals surface area contributed by atoms with Crippen LogP contribution in [0.1, 0.15) is 36.0 Å². The minimum atomic E-state index is -3.57. The van der Waals surface area contributed by atoms with E-state index in [9.17, 15) is 13.2 Å². The molecule has 9 heteroatoms. The lowest BCUT2D eigenvalue weighted by atomic mass is 10.0. The van der Waals surface area contributed by atoms with Crippen LogP contribution in [0.4, 0.5) is 0 Å².